The molecule has 0 radical (unpaired) electrons. The van der Waals surface area contributed by atoms with Crippen molar-refractivity contribution >= 4 is 21.4 Å². The molecule has 1 aromatic heterocycles. The molecule has 1 heterocycles. The van der Waals surface area contributed by atoms with E-state index in [2.05, 4.69) is 40.9 Å². The van der Waals surface area contributed by atoms with Crippen LogP contribution in [-0.2, 0) is 16.6 Å². The van der Waals surface area contributed by atoms with Crippen molar-refractivity contribution in [3.8, 4) is 11.1 Å². The number of sulfonamides is 1. The lowest BCUT2D eigenvalue weighted by molar-refractivity contribution is 0.583. The summed E-state index contributed by atoms with van der Waals surface area (Å²) in [5.74, 6) is 0. The molecule has 0 unspecified atom stereocenters. The fourth-order valence-corrected chi connectivity index (χ4v) is 4.05. The van der Waals surface area contributed by atoms with Crippen molar-refractivity contribution in [1.82, 2.24) is 9.71 Å². The Balaban J connectivity index is 1.77. The second kappa shape index (κ2) is 6.62. The van der Waals surface area contributed by atoms with Crippen LogP contribution in [0.2, 0.25) is 0 Å². The summed E-state index contributed by atoms with van der Waals surface area (Å²) in [6.45, 7) is 2.30. The predicted octanol–water partition coefficient (Wildman–Crippen LogP) is 3.60. The maximum absolute atomic E-state index is 12.1. The molecule has 118 valence electrons. The van der Waals surface area contributed by atoms with E-state index >= 15 is 0 Å². The van der Waals surface area contributed by atoms with Gasteiger partial charge in [0.2, 0.25) is 0 Å². The first-order chi connectivity index (χ1) is 11.0. The normalized spacial score (nSPS) is 11.5. The van der Waals surface area contributed by atoms with Crippen molar-refractivity contribution in [3.05, 3.63) is 71.4 Å². The third-order valence-corrected chi connectivity index (χ3v) is 6.12. The first-order valence-electron chi connectivity index (χ1n) is 7.09. The van der Waals surface area contributed by atoms with Gasteiger partial charge in [-0.25, -0.2) is 13.1 Å². The molecule has 0 spiro atoms. The first-order valence-corrected chi connectivity index (χ1v) is 9.45. The monoisotopic (exact) mass is 344 g/mol. The van der Waals surface area contributed by atoms with Crippen LogP contribution in [0.4, 0.5) is 0 Å². The van der Waals surface area contributed by atoms with E-state index in [1.165, 1.54) is 17.3 Å². The SMILES string of the molecule is Cc1ccc(-c2cccc(CNS(=O)(=O)c3cncs3)c2)cc1. The molecular formula is C17H16N2O2S2. The summed E-state index contributed by atoms with van der Waals surface area (Å²) in [5.41, 5.74) is 5.81. The highest BCUT2D eigenvalue weighted by Gasteiger charge is 2.15. The Morgan fingerprint density at radius 1 is 1.09 bits per heavy atom. The largest absolute Gasteiger partial charge is 0.252 e. The Kier molecular flexibility index (Phi) is 4.56. The Morgan fingerprint density at radius 2 is 1.87 bits per heavy atom. The minimum Gasteiger partial charge on any atom is -0.252 e. The lowest BCUT2D eigenvalue weighted by Gasteiger charge is -2.07. The van der Waals surface area contributed by atoms with E-state index in [0.29, 0.717) is 0 Å². The van der Waals surface area contributed by atoms with Gasteiger partial charge in [0.15, 0.2) is 4.21 Å². The molecule has 0 fully saturated rings. The average Bonchev–Trinajstić information content (AvgIpc) is 3.09. The van der Waals surface area contributed by atoms with Crippen LogP contribution < -0.4 is 4.72 Å². The van der Waals surface area contributed by atoms with Crippen molar-refractivity contribution in [2.75, 3.05) is 0 Å². The van der Waals surface area contributed by atoms with Crippen LogP contribution in [0.25, 0.3) is 11.1 Å². The van der Waals surface area contributed by atoms with Crippen LogP contribution >= 0.6 is 11.3 Å². The minimum absolute atomic E-state index is 0.229. The van der Waals surface area contributed by atoms with E-state index < -0.39 is 10.0 Å². The van der Waals surface area contributed by atoms with Crippen LogP contribution in [0.15, 0.2) is 64.4 Å². The van der Waals surface area contributed by atoms with Crippen molar-refractivity contribution in [3.63, 3.8) is 0 Å². The topological polar surface area (TPSA) is 59.1 Å². The maximum Gasteiger partial charge on any atom is 0.251 e. The molecule has 4 nitrogen and oxygen atoms in total. The van der Waals surface area contributed by atoms with Crippen LogP contribution in [0.3, 0.4) is 0 Å². The number of nitrogens with one attached hydrogen (secondary N) is 1. The van der Waals surface area contributed by atoms with E-state index in [4.69, 9.17) is 0 Å². The molecule has 0 aliphatic heterocycles. The average molecular weight is 344 g/mol. The zero-order valence-corrected chi connectivity index (χ0v) is 14.2. The molecule has 0 aliphatic carbocycles. The van der Waals surface area contributed by atoms with Crippen molar-refractivity contribution < 1.29 is 8.42 Å². The smallest absolute Gasteiger partial charge is 0.251 e. The molecule has 0 amide bonds. The number of benzene rings is 2. The van der Waals surface area contributed by atoms with Crippen molar-refractivity contribution in [2.24, 2.45) is 0 Å². The summed E-state index contributed by atoms with van der Waals surface area (Å²) >= 11 is 1.10. The molecule has 0 bridgehead atoms. The molecule has 0 saturated heterocycles. The highest BCUT2D eigenvalue weighted by molar-refractivity contribution is 7.91. The molecule has 0 saturated carbocycles. The van der Waals surface area contributed by atoms with E-state index in [-0.39, 0.29) is 10.8 Å². The molecule has 3 aromatic rings. The highest BCUT2D eigenvalue weighted by Crippen LogP contribution is 2.21. The zero-order valence-electron chi connectivity index (χ0n) is 12.6. The van der Waals surface area contributed by atoms with Gasteiger partial charge >= 0.3 is 0 Å². The number of aromatic nitrogens is 1. The fraction of sp³-hybridized carbons (Fsp3) is 0.118. The van der Waals surface area contributed by atoms with Gasteiger partial charge in [-0.3, -0.25) is 4.98 Å². The molecule has 3 rings (SSSR count). The third-order valence-electron chi connectivity index (χ3n) is 3.45. The lowest BCUT2D eigenvalue weighted by atomic mass is 10.0. The summed E-state index contributed by atoms with van der Waals surface area (Å²) in [6.07, 6.45) is 1.36. The van der Waals surface area contributed by atoms with Crippen molar-refractivity contribution in [1.29, 1.82) is 0 Å². The van der Waals surface area contributed by atoms with Gasteiger partial charge in [0.1, 0.15) is 0 Å². The number of aryl methyl sites for hydroxylation is 1. The number of rotatable bonds is 5. The molecule has 1 N–H and O–H groups in total. The van der Waals surface area contributed by atoms with Crippen LogP contribution in [-0.4, -0.2) is 13.4 Å². The van der Waals surface area contributed by atoms with Crippen LogP contribution in [0.1, 0.15) is 11.1 Å². The standard InChI is InChI=1S/C17H16N2O2S2/c1-13-5-7-15(8-6-13)16-4-2-3-14(9-16)10-19-23(20,21)17-11-18-12-22-17/h2-9,11-12,19H,10H2,1H3. The minimum atomic E-state index is -3.49. The van der Waals surface area contributed by atoms with Gasteiger partial charge in [0, 0.05) is 6.54 Å². The molecule has 6 heteroatoms. The van der Waals surface area contributed by atoms with E-state index in [1.807, 2.05) is 24.3 Å². The third kappa shape index (κ3) is 3.85. The summed E-state index contributed by atoms with van der Waals surface area (Å²) in [6, 6.07) is 16.1. The van der Waals surface area contributed by atoms with Crippen LogP contribution in [0.5, 0.6) is 0 Å². The number of hydrogen-bond donors (Lipinski definition) is 1. The summed E-state index contributed by atoms with van der Waals surface area (Å²) in [7, 11) is -3.49. The summed E-state index contributed by atoms with van der Waals surface area (Å²) in [5, 5.41) is 0. The Labute approximate surface area is 139 Å². The predicted molar refractivity (Wildman–Crippen MR) is 92.8 cm³/mol. The van der Waals surface area contributed by atoms with Gasteiger partial charge in [-0.2, -0.15) is 0 Å². The lowest BCUT2D eigenvalue weighted by Crippen LogP contribution is -2.22. The molecule has 2 aromatic carbocycles. The van der Waals surface area contributed by atoms with Gasteiger partial charge in [0.05, 0.1) is 11.7 Å². The number of hydrogen-bond acceptors (Lipinski definition) is 4. The van der Waals surface area contributed by atoms with E-state index in [9.17, 15) is 8.42 Å². The summed E-state index contributed by atoms with van der Waals surface area (Å²) < 4.78 is 27.1. The fourth-order valence-electron chi connectivity index (χ4n) is 2.19. The maximum atomic E-state index is 12.1. The molecule has 0 atom stereocenters. The van der Waals surface area contributed by atoms with Gasteiger partial charge < -0.3 is 0 Å². The first kappa shape index (κ1) is 15.9. The molecule has 0 aliphatic rings. The van der Waals surface area contributed by atoms with Crippen molar-refractivity contribution in [2.45, 2.75) is 17.7 Å². The zero-order chi connectivity index (χ0) is 16.3. The second-order valence-electron chi connectivity index (χ2n) is 5.21. The van der Waals surface area contributed by atoms with Gasteiger partial charge in [0.25, 0.3) is 10.0 Å². The van der Waals surface area contributed by atoms with Gasteiger partial charge in [-0.15, -0.1) is 11.3 Å². The van der Waals surface area contributed by atoms with E-state index in [1.54, 1.807) is 0 Å². The van der Waals surface area contributed by atoms with Gasteiger partial charge in [-0.1, -0.05) is 48.0 Å². The Bertz CT molecular complexity index is 887. The Hall–Kier alpha value is -2.02. The quantitative estimate of drug-likeness (QED) is 0.769. The number of nitrogens with zero attached hydrogens (tertiary/aromatic N) is 1. The van der Waals surface area contributed by atoms with Crippen LogP contribution in [0, 0.1) is 6.92 Å². The second-order valence-corrected chi connectivity index (χ2v) is 8.09. The highest BCUT2D eigenvalue weighted by atomic mass is 32.2. The Morgan fingerprint density at radius 3 is 2.57 bits per heavy atom. The molecular weight excluding hydrogens is 328 g/mol. The van der Waals surface area contributed by atoms with E-state index in [0.717, 1.165) is 28.0 Å². The summed E-state index contributed by atoms with van der Waals surface area (Å²) in [4.78, 5) is 3.80. The number of thiazole rings is 1. The molecule has 23 heavy (non-hydrogen) atoms. The van der Waals surface area contributed by atoms with Gasteiger partial charge in [-0.05, 0) is 29.7 Å².